The Morgan fingerprint density at radius 3 is 2.23 bits per heavy atom. The number of nitrogens with zero attached hydrogens (tertiary/aromatic N) is 1. The predicted octanol–water partition coefficient (Wildman–Crippen LogP) is 2.54. The highest BCUT2D eigenvalue weighted by Gasteiger charge is 2.06. The summed E-state index contributed by atoms with van der Waals surface area (Å²) >= 11 is 3.03. The molecule has 1 aromatic carbocycles. The van der Waals surface area contributed by atoms with E-state index < -0.39 is 11.6 Å². The number of alkyl halides is 1. The molecule has 0 unspecified atom stereocenters. The lowest BCUT2D eigenvalue weighted by atomic mass is 10.1. The Morgan fingerprint density at radius 2 is 1.85 bits per heavy atom. The molecule has 0 aliphatic carbocycles. The summed E-state index contributed by atoms with van der Waals surface area (Å²) in [4.78, 5) is 0. The van der Waals surface area contributed by atoms with Crippen LogP contribution in [0, 0.1) is 11.6 Å². The van der Waals surface area contributed by atoms with Crippen molar-refractivity contribution in [3.8, 4) is 0 Å². The summed E-state index contributed by atoms with van der Waals surface area (Å²) in [5.74, 6) is -1.39. The van der Waals surface area contributed by atoms with Gasteiger partial charge >= 0.3 is 0 Å². The zero-order chi connectivity index (χ0) is 9.84. The number of oxime groups is 1. The Kier molecular flexibility index (Phi) is 3.36. The van der Waals surface area contributed by atoms with E-state index >= 15 is 0 Å². The van der Waals surface area contributed by atoms with Crippen LogP contribution < -0.4 is 0 Å². The number of rotatable bonds is 2. The molecule has 0 atom stereocenters. The second-order valence-corrected chi connectivity index (χ2v) is 2.90. The molecule has 0 heterocycles. The average Bonchev–Trinajstić information content (AvgIpc) is 2.04. The third-order valence-electron chi connectivity index (χ3n) is 1.44. The maximum atomic E-state index is 12.7. The summed E-state index contributed by atoms with van der Waals surface area (Å²) in [6, 6.07) is 2.95. The topological polar surface area (TPSA) is 32.6 Å². The van der Waals surface area contributed by atoms with Gasteiger partial charge in [-0.25, -0.2) is 8.78 Å². The van der Waals surface area contributed by atoms with Gasteiger partial charge in [0.15, 0.2) is 0 Å². The van der Waals surface area contributed by atoms with Gasteiger partial charge < -0.3 is 5.21 Å². The van der Waals surface area contributed by atoms with Gasteiger partial charge in [0, 0.05) is 17.0 Å². The van der Waals surface area contributed by atoms with Gasteiger partial charge in [-0.1, -0.05) is 21.1 Å². The first kappa shape index (κ1) is 10.1. The van der Waals surface area contributed by atoms with Crippen LogP contribution in [0.3, 0.4) is 0 Å². The zero-order valence-corrected chi connectivity index (χ0v) is 8.05. The highest BCUT2D eigenvalue weighted by molar-refractivity contribution is 9.09. The Hall–Kier alpha value is -0.970. The molecular weight excluding hydrogens is 244 g/mol. The SMILES string of the molecule is ON=C(CBr)c1cc(F)cc(F)c1. The van der Waals surface area contributed by atoms with Gasteiger partial charge in [0.2, 0.25) is 0 Å². The molecule has 2 nitrogen and oxygen atoms in total. The Bertz CT molecular complexity index is 321. The molecule has 1 rings (SSSR count). The number of hydrogen-bond donors (Lipinski definition) is 1. The molecule has 0 aliphatic heterocycles. The Balaban J connectivity index is 3.14. The third kappa shape index (κ3) is 2.48. The van der Waals surface area contributed by atoms with Crippen LogP contribution in [0.1, 0.15) is 5.56 Å². The first-order chi connectivity index (χ1) is 6.17. The van der Waals surface area contributed by atoms with Gasteiger partial charge in [0.1, 0.15) is 11.6 Å². The first-order valence-electron chi connectivity index (χ1n) is 3.40. The summed E-state index contributed by atoms with van der Waals surface area (Å²) in [6.45, 7) is 0. The first-order valence-corrected chi connectivity index (χ1v) is 4.53. The minimum Gasteiger partial charge on any atom is -0.411 e. The number of hydrogen-bond acceptors (Lipinski definition) is 2. The van der Waals surface area contributed by atoms with E-state index in [1.165, 1.54) is 0 Å². The minimum absolute atomic E-state index is 0.179. The van der Waals surface area contributed by atoms with Crippen molar-refractivity contribution >= 4 is 21.6 Å². The summed E-state index contributed by atoms with van der Waals surface area (Å²) in [6.07, 6.45) is 0. The molecule has 5 heteroatoms. The molecular formula is C8H6BrF2NO. The highest BCUT2D eigenvalue weighted by Crippen LogP contribution is 2.10. The predicted molar refractivity (Wildman–Crippen MR) is 48.5 cm³/mol. The summed E-state index contributed by atoms with van der Waals surface area (Å²) in [5, 5.41) is 11.6. The fourth-order valence-corrected chi connectivity index (χ4v) is 1.32. The molecule has 13 heavy (non-hydrogen) atoms. The van der Waals surface area contributed by atoms with Gasteiger partial charge in [-0.05, 0) is 12.1 Å². The number of halogens is 3. The van der Waals surface area contributed by atoms with Gasteiger partial charge in [0.25, 0.3) is 0 Å². The van der Waals surface area contributed by atoms with Gasteiger partial charge in [-0.3, -0.25) is 0 Å². The van der Waals surface area contributed by atoms with Crippen molar-refractivity contribution in [2.75, 3.05) is 5.33 Å². The van der Waals surface area contributed by atoms with E-state index in [0.29, 0.717) is 0 Å². The zero-order valence-electron chi connectivity index (χ0n) is 6.47. The van der Waals surface area contributed by atoms with Crippen LogP contribution in [0.5, 0.6) is 0 Å². The second kappa shape index (κ2) is 4.32. The Morgan fingerprint density at radius 1 is 1.31 bits per heavy atom. The lowest BCUT2D eigenvalue weighted by Gasteiger charge is -2.00. The van der Waals surface area contributed by atoms with Crippen molar-refractivity contribution in [3.63, 3.8) is 0 Å². The van der Waals surface area contributed by atoms with E-state index in [1.807, 2.05) is 0 Å². The van der Waals surface area contributed by atoms with E-state index in [2.05, 4.69) is 21.1 Å². The normalized spacial score (nSPS) is 11.8. The summed E-state index contributed by atoms with van der Waals surface area (Å²) < 4.78 is 25.3. The molecule has 0 saturated carbocycles. The van der Waals surface area contributed by atoms with Crippen LogP contribution in [0.4, 0.5) is 8.78 Å². The van der Waals surface area contributed by atoms with Crippen molar-refractivity contribution in [3.05, 3.63) is 35.4 Å². The van der Waals surface area contributed by atoms with E-state index in [-0.39, 0.29) is 16.6 Å². The fraction of sp³-hybridized carbons (Fsp3) is 0.125. The molecule has 0 amide bonds. The molecule has 0 aliphatic rings. The second-order valence-electron chi connectivity index (χ2n) is 2.34. The van der Waals surface area contributed by atoms with Crippen molar-refractivity contribution in [1.82, 2.24) is 0 Å². The minimum atomic E-state index is -0.697. The molecule has 0 bridgehead atoms. The van der Waals surface area contributed by atoms with Crippen LogP contribution >= 0.6 is 15.9 Å². The van der Waals surface area contributed by atoms with Crippen LogP contribution in [0.2, 0.25) is 0 Å². The van der Waals surface area contributed by atoms with E-state index in [4.69, 9.17) is 5.21 Å². The van der Waals surface area contributed by atoms with E-state index in [9.17, 15) is 8.78 Å². The summed E-state index contributed by atoms with van der Waals surface area (Å²) in [7, 11) is 0. The largest absolute Gasteiger partial charge is 0.411 e. The number of benzene rings is 1. The van der Waals surface area contributed by atoms with Crippen LogP contribution in [-0.2, 0) is 0 Å². The monoisotopic (exact) mass is 249 g/mol. The molecule has 0 fully saturated rings. The highest BCUT2D eigenvalue weighted by atomic mass is 79.9. The molecule has 0 radical (unpaired) electrons. The molecule has 0 saturated heterocycles. The fourth-order valence-electron chi connectivity index (χ4n) is 0.882. The Labute approximate surface area is 82.0 Å². The van der Waals surface area contributed by atoms with Crippen molar-refractivity contribution in [2.45, 2.75) is 0 Å². The maximum Gasteiger partial charge on any atom is 0.126 e. The van der Waals surface area contributed by atoms with Gasteiger partial charge in [-0.2, -0.15) is 0 Å². The molecule has 1 aromatic rings. The smallest absolute Gasteiger partial charge is 0.126 e. The van der Waals surface area contributed by atoms with Crippen LogP contribution in [0.25, 0.3) is 0 Å². The van der Waals surface area contributed by atoms with E-state index in [1.54, 1.807) is 0 Å². The van der Waals surface area contributed by atoms with Gasteiger partial charge in [-0.15, -0.1) is 0 Å². The molecule has 0 aromatic heterocycles. The average molecular weight is 250 g/mol. The molecule has 0 spiro atoms. The van der Waals surface area contributed by atoms with Gasteiger partial charge in [0.05, 0.1) is 5.71 Å². The van der Waals surface area contributed by atoms with Crippen molar-refractivity contribution in [1.29, 1.82) is 0 Å². The van der Waals surface area contributed by atoms with Crippen molar-refractivity contribution < 1.29 is 14.0 Å². The molecule has 70 valence electrons. The van der Waals surface area contributed by atoms with Crippen LogP contribution in [-0.4, -0.2) is 16.2 Å². The van der Waals surface area contributed by atoms with Crippen molar-refractivity contribution in [2.24, 2.45) is 5.16 Å². The standard InChI is InChI=1S/C8H6BrF2NO/c9-4-8(12-13)5-1-6(10)3-7(11)2-5/h1-3,13H,4H2. The van der Waals surface area contributed by atoms with Crippen LogP contribution in [0.15, 0.2) is 23.4 Å². The summed E-state index contributed by atoms with van der Waals surface area (Å²) in [5.41, 5.74) is 0.398. The lowest BCUT2D eigenvalue weighted by molar-refractivity contribution is 0.319. The third-order valence-corrected chi connectivity index (χ3v) is 1.97. The quantitative estimate of drug-likeness (QED) is 0.372. The molecule has 1 N–H and O–H groups in total. The maximum absolute atomic E-state index is 12.7. The lowest BCUT2D eigenvalue weighted by Crippen LogP contribution is -2.03. The van der Waals surface area contributed by atoms with E-state index in [0.717, 1.165) is 18.2 Å².